The molecule has 3 atom stereocenters. The van der Waals surface area contributed by atoms with Crippen LogP contribution in [0.5, 0.6) is 0 Å². The Balaban J connectivity index is 1.53. The molecule has 0 radical (unpaired) electrons. The summed E-state index contributed by atoms with van der Waals surface area (Å²) in [6.07, 6.45) is 5.57. The van der Waals surface area contributed by atoms with E-state index in [-0.39, 0.29) is 5.97 Å². The quantitative estimate of drug-likeness (QED) is 0.689. The Morgan fingerprint density at radius 3 is 2.84 bits per heavy atom. The lowest BCUT2D eigenvalue weighted by Gasteiger charge is -2.52. The van der Waals surface area contributed by atoms with Crippen LogP contribution in [0.1, 0.15) is 46.5 Å². The van der Waals surface area contributed by atoms with Crippen molar-refractivity contribution in [2.45, 2.75) is 58.5 Å². The molecule has 8 heteroatoms. The lowest BCUT2D eigenvalue weighted by molar-refractivity contribution is -0.164. The summed E-state index contributed by atoms with van der Waals surface area (Å²) in [6, 6.07) is 2.84. The van der Waals surface area contributed by atoms with Crippen LogP contribution in [0.15, 0.2) is 12.4 Å². The Morgan fingerprint density at radius 2 is 2.10 bits per heavy atom. The summed E-state index contributed by atoms with van der Waals surface area (Å²) in [4.78, 5) is 27.0. The van der Waals surface area contributed by atoms with Gasteiger partial charge >= 0.3 is 5.97 Å². The predicted molar refractivity (Wildman–Crippen MR) is 120 cm³/mol. The van der Waals surface area contributed by atoms with E-state index in [1.165, 1.54) is 0 Å². The van der Waals surface area contributed by atoms with Crippen molar-refractivity contribution in [2.75, 3.05) is 56.2 Å². The van der Waals surface area contributed by atoms with Crippen molar-refractivity contribution in [3.05, 3.63) is 12.4 Å². The maximum Gasteiger partial charge on any atom is 0.314 e. The molecule has 0 unspecified atom stereocenters. The van der Waals surface area contributed by atoms with Crippen molar-refractivity contribution in [3.8, 4) is 0 Å². The lowest BCUT2D eigenvalue weighted by atomic mass is 9.61. The summed E-state index contributed by atoms with van der Waals surface area (Å²) >= 11 is 0. The molecule has 1 N–H and O–H groups in total. The molecular formula is C23H37N5O3. The summed E-state index contributed by atoms with van der Waals surface area (Å²) in [5, 5.41) is 3.35. The molecule has 0 spiro atoms. The molecule has 0 amide bonds. The maximum atomic E-state index is 13.3. The van der Waals surface area contributed by atoms with E-state index in [9.17, 15) is 4.79 Å². The van der Waals surface area contributed by atoms with Gasteiger partial charge in [-0.2, -0.15) is 0 Å². The highest BCUT2D eigenvalue weighted by molar-refractivity contribution is 5.79. The largest absolute Gasteiger partial charge is 0.466 e. The molecule has 4 rings (SSSR count). The molecule has 172 valence electrons. The zero-order valence-corrected chi connectivity index (χ0v) is 19.2. The second kappa shape index (κ2) is 9.69. The Labute approximate surface area is 185 Å². The molecule has 0 aromatic carbocycles. The van der Waals surface area contributed by atoms with Crippen molar-refractivity contribution in [1.29, 1.82) is 0 Å². The SMILES string of the molecule is CCOC(=O)[C@@]12CC[C@H](N3CCOCC3)C[C@H]1CCN(c1cc(NC(C)C)ncn1)C2. The van der Waals surface area contributed by atoms with Gasteiger partial charge in [-0.15, -0.1) is 0 Å². The standard InChI is InChI=1S/C23H37N5O3/c1-4-31-22(29)23-7-5-19(27-9-11-30-12-10-27)13-18(23)6-8-28(15-23)21-14-20(24-16-25-21)26-17(2)3/h14,16-19H,4-13,15H2,1-3H3,(H,24,25,26)/t18-,19+,23-/m1/s1. The van der Waals surface area contributed by atoms with E-state index in [0.29, 0.717) is 31.2 Å². The van der Waals surface area contributed by atoms with E-state index >= 15 is 0 Å². The number of morpholine rings is 1. The summed E-state index contributed by atoms with van der Waals surface area (Å²) < 4.78 is 11.2. The molecule has 1 aromatic rings. The fourth-order valence-electron chi connectivity index (χ4n) is 5.61. The number of nitrogens with zero attached hydrogens (tertiary/aromatic N) is 4. The van der Waals surface area contributed by atoms with Crippen LogP contribution >= 0.6 is 0 Å². The van der Waals surface area contributed by atoms with Gasteiger partial charge in [-0.25, -0.2) is 9.97 Å². The molecule has 2 saturated heterocycles. The predicted octanol–water partition coefficient (Wildman–Crippen LogP) is 2.56. The molecule has 31 heavy (non-hydrogen) atoms. The normalized spacial score (nSPS) is 29.5. The van der Waals surface area contributed by atoms with Gasteiger partial charge in [0.05, 0.1) is 25.2 Å². The van der Waals surface area contributed by atoms with Gasteiger partial charge in [0, 0.05) is 44.3 Å². The van der Waals surface area contributed by atoms with Crippen molar-refractivity contribution in [2.24, 2.45) is 11.3 Å². The molecule has 3 aliphatic rings. The van der Waals surface area contributed by atoms with Gasteiger partial charge in [-0.3, -0.25) is 9.69 Å². The first kappa shape index (κ1) is 22.3. The van der Waals surface area contributed by atoms with Crippen molar-refractivity contribution in [1.82, 2.24) is 14.9 Å². The number of aromatic nitrogens is 2. The van der Waals surface area contributed by atoms with Crippen LogP contribution in [0.4, 0.5) is 11.6 Å². The van der Waals surface area contributed by atoms with Crippen LogP contribution in [0.25, 0.3) is 0 Å². The van der Waals surface area contributed by atoms with Crippen molar-refractivity contribution in [3.63, 3.8) is 0 Å². The van der Waals surface area contributed by atoms with Crippen molar-refractivity contribution >= 4 is 17.6 Å². The molecule has 1 saturated carbocycles. The first-order chi connectivity index (χ1) is 15.0. The van der Waals surface area contributed by atoms with E-state index in [1.807, 2.05) is 13.0 Å². The Hall–Kier alpha value is -1.93. The van der Waals surface area contributed by atoms with E-state index in [0.717, 1.165) is 70.2 Å². The van der Waals surface area contributed by atoms with Gasteiger partial charge in [0.2, 0.25) is 0 Å². The lowest BCUT2D eigenvalue weighted by Crippen LogP contribution is -2.59. The summed E-state index contributed by atoms with van der Waals surface area (Å²) in [5.41, 5.74) is -0.451. The highest BCUT2D eigenvalue weighted by Crippen LogP contribution is 2.49. The molecule has 2 aliphatic heterocycles. The molecule has 3 fully saturated rings. The van der Waals surface area contributed by atoms with E-state index in [2.05, 4.69) is 38.9 Å². The topological polar surface area (TPSA) is 79.8 Å². The van der Waals surface area contributed by atoms with Crippen LogP contribution in [0.3, 0.4) is 0 Å². The van der Waals surface area contributed by atoms with E-state index in [4.69, 9.17) is 9.47 Å². The number of hydrogen-bond acceptors (Lipinski definition) is 8. The number of esters is 1. The fourth-order valence-corrected chi connectivity index (χ4v) is 5.61. The summed E-state index contributed by atoms with van der Waals surface area (Å²) in [7, 11) is 0. The number of ether oxygens (including phenoxy) is 2. The molecule has 1 aliphatic carbocycles. The minimum atomic E-state index is -0.451. The van der Waals surface area contributed by atoms with Gasteiger partial charge < -0.3 is 19.7 Å². The summed E-state index contributed by atoms with van der Waals surface area (Å²) in [6.45, 7) is 11.7. The third kappa shape index (κ3) is 4.80. The third-order valence-electron chi connectivity index (χ3n) is 7.14. The fraction of sp³-hybridized carbons (Fsp3) is 0.783. The zero-order chi connectivity index (χ0) is 21.8. The van der Waals surface area contributed by atoms with E-state index < -0.39 is 5.41 Å². The molecular weight excluding hydrogens is 394 g/mol. The van der Waals surface area contributed by atoms with Crippen LogP contribution in [-0.4, -0.2) is 78.9 Å². The van der Waals surface area contributed by atoms with E-state index in [1.54, 1.807) is 6.33 Å². The van der Waals surface area contributed by atoms with Crippen LogP contribution < -0.4 is 10.2 Å². The Kier molecular flexibility index (Phi) is 6.96. The molecule has 3 heterocycles. The van der Waals surface area contributed by atoms with Crippen molar-refractivity contribution < 1.29 is 14.3 Å². The molecule has 1 aromatic heterocycles. The minimum absolute atomic E-state index is 0.0280. The number of carbonyl (C=O) groups excluding carboxylic acids is 1. The molecule has 8 nitrogen and oxygen atoms in total. The second-order valence-electron chi connectivity index (χ2n) is 9.42. The monoisotopic (exact) mass is 431 g/mol. The zero-order valence-electron chi connectivity index (χ0n) is 19.2. The highest BCUT2D eigenvalue weighted by atomic mass is 16.5. The highest BCUT2D eigenvalue weighted by Gasteiger charge is 2.54. The second-order valence-corrected chi connectivity index (χ2v) is 9.42. The summed E-state index contributed by atoms with van der Waals surface area (Å²) in [5.74, 6) is 2.03. The smallest absolute Gasteiger partial charge is 0.314 e. The average Bonchev–Trinajstić information content (AvgIpc) is 2.79. The first-order valence-corrected chi connectivity index (χ1v) is 11.8. The number of anilines is 2. The Morgan fingerprint density at radius 1 is 1.29 bits per heavy atom. The van der Waals surface area contributed by atoms with Gasteiger partial charge in [-0.1, -0.05) is 0 Å². The van der Waals surface area contributed by atoms with Crippen LogP contribution in [0.2, 0.25) is 0 Å². The van der Waals surface area contributed by atoms with Gasteiger partial charge in [0.25, 0.3) is 0 Å². The van der Waals surface area contributed by atoms with Gasteiger partial charge in [-0.05, 0) is 52.4 Å². The average molecular weight is 432 g/mol. The van der Waals surface area contributed by atoms with Gasteiger partial charge in [0.15, 0.2) is 0 Å². The number of fused-ring (bicyclic) bond motifs is 1. The van der Waals surface area contributed by atoms with Crippen LogP contribution in [-0.2, 0) is 14.3 Å². The number of nitrogens with one attached hydrogen (secondary N) is 1. The Bertz CT molecular complexity index is 754. The number of carbonyl (C=O) groups is 1. The molecule has 0 bridgehead atoms. The third-order valence-corrected chi connectivity index (χ3v) is 7.14. The first-order valence-electron chi connectivity index (χ1n) is 11.8. The van der Waals surface area contributed by atoms with Gasteiger partial charge in [0.1, 0.15) is 18.0 Å². The van der Waals surface area contributed by atoms with Crippen LogP contribution in [0, 0.1) is 11.3 Å². The number of piperidine rings is 1. The maximum absolute atomic E-state index is 13.3. The number of hydrogen-bond donors (Lipinski definition) is 1. The number of rotatable bonds is 6. The minimum Gasteiger partial charge on any atom is -0.466 e.